The van der Waals surface area contributed by atoms with Gasteiger partial charge in [0.2, 0.25) is 0 Å². The standard InChI is InChI=1S/C14H29N3O/c1-6-11(2)12(3)15-13-7-9-17(10-8-13)14(18)16(4)5/h11-13,15H,6-10H2,1-5H3. The molecular formula is C14H29N3O. The Labute approximate surface area is 112 Å². The molecule has 1 rings (SSSR count). The van der Waals surface area contributed by atoms with Crippen molar-refractivity contribution in [3.8, 4) is 0 Å². The Morgan fingerprint density at radius 3 is 2.33 bits per heavy atom. The van der Waals surface area contributed by atoms with Gasteiger partial charge in [-0.3, -0.25) is 0 Å². The van der Waals surface area contributed by atoms with Crippen molar-refractivity contribution in [2.45, 2.75) is 52.1 Å². The van der Waals surface area contributed by atoms with E-state index in [9.17, 15) is 4.79 Å². The summed E-state index contributed by atoms with van der Waals surface area (Å²) in [5.74, 6) is 0.714. The minimum atomic E-state index is 0.142. The molecule has 1 N–H and O–H groups in total. The van der Waals surface area contributed by atoms with Gasteiger partial charge in [0, 0.05) is 39.3 Å². The van der Waals surface area contributed by atoms with Crippen LogP contribution in [0.15, 0.2) is 0 Å². The monoisotopic (exact) mass is 255 g/mol. The minimum absolute atomic E-state index is 0.142. The molecule has 1 saturated heterocycles. The van der Waals surface area contributed by atoms with Crippen LogP contribution < -0.4 is 5.32 Å². The highest BCUT2D eigenvalue weighted by Gasteiger charge is 2.25. The van der Waals surface area contributed by atoms with Gasteiger partial charge in [0.1, 0.15) is 0 Å². The second-order valence-corrected chi connectivity index (χ2v) is 5.78. The molecule has 2 amide bonds. The molecule has 0 radical (unpaired) electrons. The van der Waals surface area contributed by atoms with Crippen LogP contribution in [0.3, 0.4) is 0 Å². The van der Waals surface area contributed by atoms with Gasteiger partial charge in [-0.15, -0.1) is 0 Å². The molecule has 0 aromatic rings. The lowest BCUT2D eigenvalue weighted by Gasteiger charge is -2.36. The number of hydrogen-bond donors (Lipinski definition) is 1. The topological polar surface area (TPSA) is 35.6 Å². The number of hydrogen-bond acceptors (Lipinski definition) is 2. The fourth-order valence-electron chi connectivity index (χ4n) is 2.41. The lowest BCUT2D eigenvalue weighted by Crippen LogP contribution is -2.50. The number of urea groups is 1. The van der Waals surface area contributed by atoms with Crippen LogP contribution in [0.4, 0.5) is 4.79 Å². The average Bonchev–Trinajstić information content (AvgIpc) is 2.37. The summed E-state index contributed by atoms with van der Waals surface area (Å²) in [6.07, 6.45) is 3.35. The van der Waals surface area contributed by atoms with Gasteiger partial charge < -0.3 is 15.1 Å². The number of carbonyl (C=O) groups is 1. The van der Waals surface area contributed by atoms with E-state index in [1.54, 1.807) is 4.90 Å². The molecule has 0 spiro atoms. The van der Waals surface area contributed by atoms with Crippen molar-refractivity contribution >= 4 is 6.03 Å². The fraction of sp³-hybridized carbons (Fsp3) is 0.929. The van der Waals surface area contributed by atoms with E-state index in [-0.39, 0.29) is 6.03 Å². The Morgan fingerprint density at radius 1 is 1.33 bits per heavy atom. The molecule has 0 aromatic carbocycles. The first-order valence-electron chi connectivity index (χ1n) is 7.18. The zero-order valence-electron chi connectivity index (χ0n) is 12.6. The first-order valence-corrected chi connectivity index (χ1v) is 7.18. The van der Waals surface area contributed by atoms with E-state index in [2.05, 4.69) is 26.1 Å². The smallest absolute Gasteiger partial charge is 0.319 e. The zero-order valence-corrected chi connectivity index (χ0v) is 12.6. The quantitative estimate of drug-likeness (QED) is 0.835. The fourth-order valence-corrected chi connectivity index (χ4v) is 2.41. The third-order valence-corrected chi connectivity index (χ3v) is 4.14. The molecule has 4 nitrogen and oxygen atoms in total. The molecule has 0 aromatic heterocycles. The molecule has 1 fully saturated rings. The second kappa shape index (κ2) is 6.98. The predicted octanol–water partition coefficient (Wildman–Crippen LogP) is 2.16. The summed E-state index contributed by atoms with van der Waals surface area (Å²) in [7, 11) is 3.63. The summed E-state index contributed by atoms with van der Waals surface area (Å²) in [6, 6.07) is 1.28. The molecule has 1 aliphatic heterocycles. The molecule has 0 saturated carbocycles. The summed E-state index contributed by atoms with van der Waals surface area (Å²) < 4.78 is 0. The van der Waals surface area contributed by atoms with Gasteiger partial charge in [-0.2, -0.15) is 0 Å². The molecule has 0 bridgehead atoms. The zero-order chi connectivity index (χ0) is 13.7. The van der Waals surface area contributed by atoms with Crippen molar-refractivity contribution in [1.29, 1.82) is 0 Å². The Kier molecular flexibility index (Phi) is 5.93. The largest absolute Gasteiger partial charge is 0.331 e. The number of nitrogens with one attached hydrogen (secondary N) is 1. The molecule has 2 unspecified atom stereocenters. The van der Waals surface area contributed by atoms with Crippen molar-refractivity contribution in [2.75, 3.05) is 27.2 Å². The number of nitrogens with zero attached hydrogens (tertiary/aromatic N) is 2. The normalized spacial score (nSPS) is 20.6. The third-order valence-electron chi connectivity index (χ3n) is 4.14. The van der Waals surface area contributed by atoms with Crippen LogP contribution in [-0.2, 0) is 0 Å². The van der Waals surface area contributed by atoms with Crippen molar-refractivity contribution in [1.82, 2.24) is 15.1 Å². The second-order valence-electron chi connectivity index (χ2n) is 5.78. The molecule has 4 heteroatoms. The number of amides is 2. The third kappa shape index (κ3) is 4.16. The molecule has 0 aliphatic carbocycles. The van der Waals surface area contributed by atoms with Crippen molar-refractivity contribution in [3.63, 3.8) is 0 Å². The van der Waals surface area contributed by atoms with Crippen LogP contribution in [0.2, 0.25) is 0 Å². The summed E-state index contributed by atoms with van der Waals surface area (Å²) in [5.41, 5.74) is 0. The molecule has 1 heterocycles. The summed E-state index contributed by atoms with van der Waals surface area (Å²) in [4.78, 5) is 15.4. The van der Waals surface area contributed by atoms with E-state index in [1.807, 2.05) is 19.0 Å². The van der Waals surface area contributed by atoms with Crippen molar-refractivity contribution < 1.29 is 4.79 Å². The van der Waals surface area contributed by atoms with Crippen LogP contribution in [0.5, 0.6) is 0 Å². The van der Waals surface area contributed by atoms with Gasteiger partial charge >= 0.3 is 6.03 Å². The highest BCUT2D eigenvalue weighted by molar-refractivity contribution is 5.73. The lowest BCUT2D eigenvalue weighted by molar-refractivity contribution is 0.149. The summed E-state index contributed by atoms with van der Waals surface area (Å²) >= 11 is 0. The lowest BCUT2D eigenvalue weighted by atomic mass is 9.97. The molecule has 18 heavy (non-hydrogen) atoms. The number of piperidine rings is 1. The average molecular weight is 255 g/mol. The molecule has 1 aliphatic rings. The maximum atomic E-state index is 11.8. The number of carbonyl (C=O) groups excluding carboxylic acids is 1. The van der Waals surface area contributed by atoms with Gasteiger partial charge in [0.25, 0.3) is 0 Å². The Hall–Kier alpha value is -0.770. The van der Waals surface area contributed by atoms with E-state index < -0.39 is 0 Å². The Morgan fingerprint density at radius 2 is 1.89 bits per heavy atom. The van der Waals surface area contributed by atoms with Crippen molar-refractivity contribution in [3.05, 3.63) is 0 Å². The Balaban J connectivity index is 2.33. The maximum Gasteiger partial charge on any atom is 0.319 e. The van der Waals surface area contributed by atoms with Crippen LogP contribution in [-0.4, -0.2) is 55.1 Å². The van der Waals surface area contributed by atoms with Crippen LogP contribution in [0, 0.1) is 5.92 Å². The van der Waals surface area contributed by atoms with E-state index in [1.165, 1.54) is 6.42 Å². The maximum absolute atomic E-state index is 11.8. The van der Waals surface area contributed by atoms with E-state index in [0.717, 1.165) is 25.9 Å². The first kappa shape index (κ1) is 15.3. The Bertz CT molecular complexity index is 260. The van der Waals surface area contributed by atoms with Crippen LogP contribution in [0.1, 0.15) is 40.0 Å². The van der Waals surface area contributed by atoms with Gasteiger partial charge in [-0.1, -0.05) is 20.3 Å². The van der Waals surface area contributed by atoms with Crippen molar-refractivity contribution in [2.24, 2.45) is 5.92 Å². The van der Waals surface area contributed by atoms with E-state index in [0.29, 0.717) is 18.0 Å². The van der Waals surface area contributed by atoms with Gasteiger partial charge in [0.15, 0.2) is 0 Å². The number of likely N-dealkylation sites (tertiary alicyclic amines) is 1. The minimum Gasteiger partial charge on any atom is -0.331 e. The molecule has 106 valence electrons. The van der Waals surface area contributed by atoms with Crippen LogP contribution in [0.25, 0.3) is 0 Å². The van der Waals surface area contributed by atoms with Crippen LogP contribution >= 0.6 is 0 Å². The van der Waals surface area contributed by atoms with Gasteiger partial charge in [-0.05, 0) is 25.7 Å². The first-order chi connectivity index (χ1) is 8.45. The summed E-state index contributed by atoms with van der Waals surface area (Å²) in [5, 5.41) is 3.71. The van der Waals surface area contributed by atoms with E-state index >= 15 is 0 Å². The highest BCUT2D eigenvalue weighted by Crippen LogP contribution is 2.15. The molecule has 2 atom stereocenters. The van der Waals surface area contributed by atoms with E-state index in [4.69, 9.17) is 0 Å². The summed E-state index contributed by atoms with van der Waals surface area (Å²) in [6.45, 7) is 8.55. The SMILES string of the molecule is CCC(C)C(C)NC1CCN(C(=O)N(C)C)CC1. The molecular weight excluding hydrogens is 226 g/mol. The van der Waals surface area contributed by atoms with Gasteiger partial charge in [0.05, 0.1) is 0 Å². The predicted molar refractivity (Wildman–Crippen MR) is 75.7 cm³/mol. The van der Waals surface area contributed by atoms with Gasteiger partial charge in [-0.25, -0.2) is 4.79 Å². The number of rotatable bonds is 4. The highest BCUT2D eigenvalue weighted by atomic mass is 16.2.